The van der Waals surface area contributed by atoms with Crippen LogP contribution in [0.4, 0.5) is 10.5 Å². The number of hydrogen-bond donors (Lipinski definition) is 2. The van der Waals surface area contributed by atoms with E-state index in [-0.39, 0.29) is 0 Å². The number of nitrogens with one attached hydrogen (secondary N) is 2. The molecule has 9 heteroatoms. The number of thioether (sulfide) groups is 1. The molecular weight excluding hydrogens is 510 g/mol. The average Bonchev–Trinajstić information content (AvgIpc) is 2.83. The summed E-state index contributed by atoms with van der Waals surface area (Å²) in [6.45, 7) is 7.05. The largest absolute Gasteiger partial charge is 0.444 e. The summed E-state index contributed by atoms with van der Waals surface area (Å²) in [6, 6.07) is 10.2. The zero-order valence-corrected chi connectivity index (χ0v) is 23.6. The van der Waals surface area contributed by atoms with Gasteiger partial charge in [-0.1, -0.05) is 47.9 Å². The van der Waals surface area contributed by atoms with Gasteiger partial charge in [-0.05, 0) is 69.4 Å². The Hall–Kier alpha value is -3.15. The molecule has 7 nitrogen and oxygen atoms in total. The Morgan fingerprint density at radius 2 is 1.84 bits per heavy atom. The smallest absolute Gasteiger partial charge is 0.408 e. The highest BCUT2D eigenvalue weighted by molar-refractivity contribution is 7.98. The Labute approximate surface area is 228 Å². The molecule has 37 heavy (non-hydrogen) atoms. The molecule has 0 saturated carbocycles. The number of nitrogens with zero attached hydrogens (tertiary/aromatic N) is 1. The van der Waals surface area contributed by atoms with E-state index in [1.807, 2.05) is 19.2 Å². The molecule has 3 amide bonds. The predicted octanol–water partition coefficient (Wildman–Crippen LogP) is 5.41. The fourth-order valence-corrected chi connectivity index (χ4v) is 4.43. The molecule has 0 saturated heterocycles. The van der Waals surface area contributed by atoms with Crippen LogP contribution in [0, 0.1) is 19.3 Å². The van der Waals surface area contributed by atoms with Gasteiger partial charge in [0, 0.05) is 12.6 Å². The van der Waals surface area contributed by atoms with Gasteiger partial charge in [-0.15, -0.1) is 6.42 Å². The summed E-state index contributed by atoms with van der Waals surface area (Å²) < 4.78 is 5.36. The molecule has 0 bridgehead atoms. The predicted molar refractivity (Wildman–Crippen MR) is 151 cm³/mol. The Morgan fingerprint density at radius 3 is 2.43 bits per heavy atom. The lowest BCUT2D eigenvalue weighted by Crippen LogP contribution is -2.51. The van der Waals surface area contributed by atoms with Crippen LogP contribution >= 0.6 is 23.4 Å². The summed E-state index contributed by atoms with van der Waals surface area (Å²) in [7, 11) is 1.52. The average molecular weight is 544 g/mol. The van der Waals surface area contributed by atoms with Crippen molar-refractivity contribution >= 4 is 47.0 Å². The van der Waals surface area contributed by atoms with Crippen LogP contribution in [0.5, 0.6) is 0 Å². The normalized spacial score (nSPS) is 12.6. The number of halogens is 1. The van der Waals surface area contributed by atoms with E-state index in [1.165, 1.54) is 23.7 Å². The van der Waals surface area contributed by atoms with Crippen LogP contribution in [0.15, 0.2) is 42.5 Å². The molecule has 0 heterocycles. The van der Waals surface area contributed by atoms with Crippen LogP contribution in [-0.2, 0) is 14.3 Å². The number of carbonyl (C=O) groups excluding carboxylic acids is 3. The van der Waals surface area contributed by atoms with Gasteiger partial charge < -0.3 is 20.3 Å². The Balaban J connectivity index is 2.47. The van der Waals surface area contributed by atoms with E-state index < -0.39 is 35.6 Å². The highest BCUT2D eigenvalue weighted by Crippen LogP contribution is 2.30. The maximum atomic E-state index is 13.7. The quantitative estimate of drug-likeness (QED) is 0.413. The zero-order chi connectivity index (χ0) is 27.8. The number of benzene rings is 2. The van der Waals surface area contributed by atoms with Gasteiger partial charge in [0.05, 0.1) is 10.7 Å². The number of carbonyl (C=O) groups is 3. The number of terminal acetylenes is 1. The molecule has 0 fully saturated rings. The molecule has 2 unspecified atom stereocenters. The van der Waals surface area contributed by atoms with Gasteiger partial charge in [0.25, 0.3) is 5.91 Å². The Kier molecular flexibility index (Phi) is 10.9. The molecule has 2 N–H and O–H groups in total. The number of para-hydroxylation sites is 1. The third-order valence-electron chi connectivity index (χ3n) is 5.46. The van der Waals surface area contributed by atoms with Gasteiger partial charge in [0.2, 0.25) is 5.91 Å². The monoisotopic (exact) mass is 543 g/mol. The van der Waals surface area contributed by atoms with Crippen LogP contribution < -0.4 is 10.6 Å². The van der Waals surface area contributed by atoms with Crippen molar-refractivity contribution in [2.24, 2.45) is 0 Å². The molecule has 2 atom stereocenters. The minimum absolute atomic E-state index is 0.346. The van der Waals surface area contributed by atoms with Gasteiger partial charge >= 0.3 is 6.09 Å². The minimum Gasteiger partial charge on any atom is -0.444 e. The van der Waals surface area contributed by atoms with E-state index in [4.69, 9.17) is 22.8 Å². The molecule has 0 radical (unpaired) electrons. The number of rotatable bonds is 9. The van der Waals surface area contributed by atoms with Crippen molar-refractivity contribution < 1.29 is 19.1 Å². The second-order valence-electron chi connectivity index (χ2n) is 9.48. The maximum Gasteiger partial charge on any atom is 0.408 e. The van der Waals surface area contributed by atoms with Crippen LogP contribution in [0.25, 0.3) is 0 Å². The summed E-state index contributed by atoms with van der Waals surface area (Å²) in [5, 5.41) is 5.91. The molecular formula is C28H34ClN3O4S. The van der Waals surface area contributed by atoms with Gasteiger partial charge in [-0.25, -0.2) is 4.79 Å². The van der Waals surface area contributed by atoms with Crippen molar-refractivity contribution in [3.8, 4) is 12.3 Å². The van der Waals surface area contributed by atoms with Crippen molar-refractivity contribution in [1.82, 2.24) is 10.2 Å². The van der Waals surface area contributed by atoms with Crippen molar-refractivity contribution in [2.75, 3.05) is 24.4 Å². The minimum atomic E-state index is -1.09. The van der Waals surface area contributed by atoms with Gasteiger partial charge in [0.1, 0.15) is 17.7 Å². The molecule has 0 aliphatic rings. The van der Waals surface area contributed by atoms with Crippen LogP contribution in [0.3, 0.4) is 0 Å². The van der Waals surface area contributed by atoms with E-state index in [0.29, 0.717) is 34.0 Å². The lowest BCUT2D eigenvalue weighted by atomic mass is 9.97. The topological polar surface area (TPSA) is 87.7 Å². The lowest BCUT2D eigenvalue weighted by molar-refractivity contribution is -0.139. The van der Waals surface area contributed by atoms with Gasteiger partial charge in [-0.3, -0.25) is 9.59 Å². The molecule has 0 aliphatic heterocycles. The number of hydrogen-bond acceptors (Lipinski definition) is 5. The summed E-state index contributed by atoms with van der Waals surface area (Å²) in [6.07, 6.45) is 7.27. The van der Waals surface area contributed by atoms with E-state index in [1.54, 1.807) is 57.2 Å². The molecule has 2 rings (SSSR count). The molecule has 0 aromatic heterocycles. The Morgan fingerprint density at radius 1 is 1.16 bits per heavy atom. The number of alkyl carbamates (subject to hydrolysis) is 1. The number of aryl methyl sites for hydroxylation is 1. The summed E-state index contributed by atoms with van der Waals surface area (Å²) in [4.78, 5) is 41.3. The summed E-state index contributed by atoms with van der Waals surface area (Å²) in [5.74, 6) is 2.26. The van der Waals surface area contributed by atoms with Crippen molar-refractivity contribution in [3.05, 3.63) is 64.2 Å². The Bertz CT molecular complexity index is 1150. The number of likely N-dealkylation sites (N-methyl/N-ethyl adjacent to an activating group) is 1. The van der Waals surface area contributed by atoms with E-state index in [0.717, 1.165) is 5.56 Å². The standard InChI is InChI=1S/C28H34ClN3O4S/c1-8-19-13-9-10-14-20(19)24(25(33)31-23-18(2)12-11-15-21(23)29)32(6)26(34)22(16-17-37-7)30-27(35)36-28(3,4)5/h1,9-15,22,24H,16-17H2,2-7H3,(H,30,35)(H,31,33). The van der Waals surface area contributed by atoms with Crippen molar-refractivity contribution in [2.45, 2.75) is 51.8 Å². The van der Waals surface area contributed by atoms with Crippen molar-refractivity contribution in [3.63, 3.8) is 0 Å². The lowest BCUT2D eigenvalue weighted by Gasteiger charge is -2.32. The fraction of sp³-hybridized carbons (Fsp3) is 0.393. The zero-order valence-electron chi connectivity index (χ0n) is 22.1. The first-order valence-electron chi connectivity index (χ1n) is 11.8. The van der Waals surface area contributed by atoms with E-state index in [2.05, 4.69) is 16.6 Å². The molecule has 2 aromatic rings. The van der Waals surface area contributed by atoms with Crippen LogP contribution in [-0.4, -0.2) is 53.5 Å². The number of anilines is 1. The molecule has 198 valence electrons. The van der Waals surface area contributed by atoms with E-state index in [9.17, 15) is 14.4 Å². The summed E-state index contributed by atoms with van der Waals surface area (Å²) >= 11 is 7.89. The molecule has 2 aromatic carbocycles. The third kappa shape index (κ3) is 8.44. The SMILES string of the molecule is C#Cc1ccccc1C(C(=O)Nc1c(C)cccc1Cl)N(C)C(=O)C(CCSC)NC(=O)OC(C)(C)C. The fourth-order valence-electron chi connectivity index (χ4n) is 3.69. The number of amides is 3. The number of ether oxygens (including phenoxy) is 1. The highest BCUT2D eigenvalue weighted by Gasteiger charge is 2.35. The second kappa shape index (κ2) is 13.4. The summed E-state index contributed by atoms with van der Waals surface area (Å²) in [5.41, 5.74) is 1.43. The van der Waals surface area contributed by atoms with Crippen molar-refractivity contribution in [1.29, 1.82) is 0 Å². The first-order chi connectivity index (χ1) is 17.4. The van der Waals surface area contributed by atoms with Crippen LogP contribution in [0.2, 0.25) is 5.02 Å². The molecule has 0 spiro atoms. The first kappa shape index (κ1) is 30.1. The third-order valence-corrected chi connectivity index (χ3v) is 6.42. The van der Waals surface area contributed by atoms with E-state index >= 15 is 0 Å². The second-order valence-corrected chi connectivity index (χ2v) is 10.9. The maximum absolute atomic E-state index is 13.7. The highest BCUT2D eigenvalue weighted by atomic mass is 35.5. The first-order valence-corrected chi connectivity index (χ1v) is 13.5. The van der Waals surface area contributed by atoms with Gasteiger partial charge in [-0.2, -0.15) is 11.8 Å². The van der Waals surface area contributed by atoms with Crippen LogP contribution in [0.1, 0.15) is 49.9 Å². The van der Waals surface area contributed by atoms with Gasteiger partial charge in [0.15, 0.2) is 0 Å². The molecule has 0 aliphatic carbocycles.